The van der Waals surface area contributed by atoms with Crippen LogP contribution in [0.2, 0.25) is 5.15 Å². The zero-order chi connectivity index (χ0) is 10.9. The van der Waals surface area contributed by atoms with E-state index < -0.39 is 0 Å². The lowest BCUT2D eigenvalue weighted by Crippen LogP contribution is -1.95. The lowest BCUT2D eigenvalue weighted by Gasteiger charge is -1.94. The first kappa shape index (κ1) is 11.9. The van der Waals surface area contributed by atoms with Gasteiger partial charge in [-0.15, -0.1) is 0 Å². The number of aromatic nitrogens is 1. The minimum Gasteiger partial charge on any atom is -0.330 e. The van der Waals surface area contributed by atoms with Crippen molar-refractivity contribution in [3.05, 3.63) is 41.2 Å². The molecule has 1 aromatic rings. The van der Waals surface area contributed by atoms with Gasteiger partial charge in [-0.25, -0.2) is 4.98 Å². The summed E-state index contributed by atoms with van der Waals surface area (Å²) in [6.45, 7) is 1.29. The Morgan fingerprint density at radius 3 is 3.00 bits per heavy atom. The summed E-state index contributed by atoms with van der Waals surface area (Å²) in [5, 5.41) is 0.505. The summed E-state index contributed by atoms with van der Waals surface area (Å²) in [6, 6.07) is 3.67. The zero-order valence-corrected chi connectivity index (χ0v) is 9.19. The highest BCUT2D eigenvalue weighted by Crippen LogP contribution is 2.05. The molecule has 80 valence electrons. The summed E-state index contributed by atoms with van der Waals surface area (Å²) in [4.78, 5) is 8.17. The van der Waals surface area contributed by atoms with Crippen LogP contribution in [0.5, 0.6) is 0 Å². The molecule has 0 unspecified atom stereocenters. The first-order chi connectivity index (χ1) is 7.33. The molecule has 0 aliphatic carbocycles. The van der Waals surface area contributed by atoms with Crippen molar-refractivity contribution in [2.45, 2.75) is 13.0 Å². The number of hydrogen-bond acceptors (Lipinski definition) is 3. The lowest BCUT2D eigenvalue weighted by atomic mass is 10.3. The SMILES string of the molecule is NCC/C=C\C=NCc1ccc(Cl)nc1. The topological polar surface area (TPSA) is 51.3 Å². The van der Waals surface area contributed by atoms with Crippen LogP contribution in [-0.2, 0) is 6.54 Å². The molecule has 4 heteroatoms. The van der Waals surface area contributed by atoms with Crippen LogP contribution in [0.15, 0.2) is 35.5 Å². The molecule has 0 fully saturated rings. The number of nitrogens with two attached hydrogens (primary N) is 1. The zero-order valence-electron chi connectivity index (χ0n) is 8.44. The smallest absolute Gasteiger partial charge is 0.129 e. The second-order valence-corrected chi connectivity index (χ2v) is 3.37. The van der Waals surface area contributed by atoms with E-state index in [2.05, 4.69) is 9.98 Å². The van der Waals surface area contributed by atoms with E-state index in [1.165, 1.54) is 0 Å². The molecule has 0 bridgehead atoms. The standard InChI is InChI=1S/C11H14ClN3/c12-11-5-4-10(9-15-11)8-14-7-3-1-2-6-13/h1,3-5,7,9H,2,6,8,13H2/b3-1-,14-7?. The average Bonchev–Trinajstić information content (AvgIpc) is 2.26. The van der Waals surface area contributed by atoms with Crippen LogP contribution in [-0.4, -0.2) is 17.7 Å². The van der Waals surface area contributed by atoms with E-state index in [9.17, 15) is 0 Å². The van der Waals surface area contributed by atoms with Gasteiger partial charge in [0.25, 0.3) is 0 Å². The summed E-state index contributed by atoms with van der Waals surface area (Å²) in [5.41, 5.74) is 6.38. The molecule has 1 rings (SSSR count). The molecule has 2 N–H and O–H groups in total. The second kappa shape index (κ2) is 7.15. The molecule has 0 aliphatic rings. The second-order valence-electron chi connectivity index (χ2n) is 2.98. The van der Waals surface area contributed by atoms with E-state index >= 15 is 0 Å². The summed E-state index contributed by atoms with van der Waals surface area (Å²) in [6.07, 6.45) is 8.27. The molecule has 0 aromatic carbocycles. The fraction of sp³-hybridized carbons (Fsp3) is 0.273. The largest absolute Gasteiger partial charge is 0.330 e. The number of allylic oxidation sites excluding steroid dienone is 1. The molecule has 0 amide bonds. The van der Waals surface area contributed by atoms with Gasteiger partial charge in [0.05, 0.1) is 6.54 Å². The van der Waals surface area contributed by atoms with Gasteiger partial charge in [-0.3, -0.25) is 4.99 Å². The monoisotopic (exact) mass is 223 g/mol. The Hall–Kier alpha value is -1.19. The maximum atomic E-state index is 5.66. The minimum absolute atomic E-state index is 0.505. The van der Waals surface area contributed by atoms with Gasteiger partial charge in [-0.05, 0) is 30.7 Å². The Bertz CT molecular complexity index is 330. The molecule has 0 aliphatic heterocycles. The van der Waals surface area contributed by atoms with Crippen molar-refractivity contribution in [2.24, 2.45) is 10.7 Å². The Kier molecular flexibility index (Phi) is 5.66. The molecule has 0 spiro atoms. The number of rotatable bonds is 5. The van der Waals surface area contributed by atoms with E-state index in [1.54, 1.807) is 18.5 Å². The fourth-order valence-corrected chi connectivity index (χ4v) is 1.08. The van der Waals surface area contributed by atoms with Crippen molar-refractivity contribution in [1.29, 1.82) is 0 Å². The third kappa shape index (κ3) is 5.30. The predicted octanol–water partition coefficient (Wildman–Crippen LogP) is 2.21. The van der Waals surface area contributed by atoms with E-state index in [-0.39, 0.29) is 0 Å². The van der Waals surface area contributed by atoms with Gasteiger partial charge in [-0.1, -0.05) is 23.7 Å². The van der Waals surface area contributed by atoms with Crippen LogP contribution >= 0.6 is 11.6 Å². The van der Waals surface area contributed by atoms with Crippen molar-refractivity contribution < 1.29 is 0 Å². The van der Waals surface area contributed by atoms with Crippen LogP contribution < -0.4 is 5.73 Å². The molecule has 1 aromatic heterocycles. The summed E-state index contributed by atoms with van der Waals surface area (Å²) < 4.78 is 0. The fourth-order valence-electron chi connectivity index (χ4n) is 0.972. The summed E-state index contributed by atoms with van der Waals surface area (Å²) >= 11 is 5.66. The van der Waals surface area contributed by atoms with Crippen LogP contribution in [0.25, 0.3) is 0 Å². The molecule has 15 heavy (non-hydrogen) atoms. The van der Waals surface area contributed by atoms with Gasteiger partial charge in [0.15, 0.2) is 0 Å². The molecule has 0 saturated heterocycles. The highest BCUT2D eigenvalue weighted by Gasteiger charge is 1.90. The van der Waals surface area contributed by atoms with Crippen LogP contribution in [0.4, 0.5) is 0 Å². The Labute approximate surface area is 94.7 Å². The van der Waals surface area contributed by atoms with Gasteiger partial charge in [0, 0.05) is 12.4 Å². The van der Waals surface area contributed by atoms with Gasteiger partial charge >= 0.3 is 0 Å². The first-order valence-corrected chi connectivity index (χ1v) is 5.16. The number of halogens is 1. The highest BCUT2D eigenvalue weighted by atomic mass is 35.5. The van der Waals surface area contributed by atoms with E-state index in [4.69, 9.17) is 17.3 Å². The number of nitrogens with zero attached hydrogens (tertiary/aromatic N) is 2. The maximum absolute atomic E-state index is 5.66. The Morgan fingerprint density at radius 1 is 1.47 bits per heavy atom. The van der Waals surface area contributed by atoms with Gasteiger partial charge in [0.2, 0.25) is 0 Å². The van der Waals surface area contributed by atoms with Crippen LogP contribution in [0.1, 0.15) is 12.0 Å². The van der Waals surface area contributed by atoms with E-state index in [0.29, 0.717) is 18.2 Å². The van der Waals surface area contributed by atoms with Crippen molar-refractivity contribution in [1.82, 2.24) is 4.98 Å². The highest BCUT2D eigenvalue weighted by molar-refractivity contribution is 6.29. The maximum Gasteiger partial charge on any atom is 0.129 e. The quantitative estimate of drug-likeness (QED) is 0.615. The molecule has 3 nitrogen and oxygen atoms in total. The van der Waals surface area contributed by atoms with Gasteiger partial charge in [-0.2, -0.15) is 0 Å². The number of hydrogen-bond donors (Lipinski definition) is 1. The molecule has 0 radical (unpaired) electrons. The number of aliphatic imine (C=N–C) groups is 1. The molecular weight excluding hydrogens is 210 g/mol. The molecule has 0 saturated carbocycles. The lowest BCUT2D eigenvalue weighted by molar-refractivity contribution is 1.01. The van der Waals surface area contributed by atoms with Gasteiger partial charge < -0.3 is 5.73 Å². The van der Waals surface area contributed by atoms with Crippen LogP contribution in [0, 0.1) is 0 Å². The van der Waals surface area contributed by atoms with E-state index in [0.717, 1.165) is 12.0 Å². The molecular formula is C11H14ClN3. The average molecular weight is 224 g/mol. The molecule has 0 atom stereocenters. The van der Waals surface area contributed by atoms with Crippen molar-refractivity contribution >= 4 is 17.8 Å². The Morgan fingerprint density at radius 2 is 2.33 bits per heavy atom. The Balaban J connectivity index is 2.33. The summed E-state index contributed by atoms with van der Waals surface area (Å²) in [7, 11) is 0. The third-order valence-electron chi connectivity index (χ3n) is 1.72. The predicted molar refractivity (Wildman–Crippen MR) is 64.3 cm³/mol. The van der Waals surface area contributed by atoms with E-state index in [1.807, 2.05) is 18.2 Å². The minimum atomic E-state index is 0.505. The normalized spacial score (nSPS) is 11.6. The van der Waals surface area contributed by atoms with Crippen molar-refractivity contribution in [2.75, 3.05) is 6.54 Å². The number of pyridine rings is 1. The third-order valence-corrected chi connectivity index (χ3v) is 1.95. The van der Waals surface area contributed by atoms with Crippen LogP contribution in [0.3, 0.4) is 0 Å². The van der Waals surface area contributed by atoms with Gasteiger partial charge in [0.1, 0.15) is 5.15 Å². The van der Waals surface area contributed by atoms with Crippen molar-refractivity contribution in [3.63, 3.8) is 0 Å². The molecule has 1 heterocycles. The summed E-state index contributed by atoms with van der Waals surface area (Å²) in [5.74, 6) is 0. The van der Waals surface area contributed by atoms with Crippen molar-refractivity contribution in [3.8, 4) is 0 Å². The first-order valence-electron chi connectivity index (χ1n) is 4.78.